The molecule has 9 heteroatoms. The predicted molar refractivity (Wildman–Crippen MR) is 118 cm³/mol. The second-order valence-corrected chi connectivity index (χ2v) is 7.20. The van der Waals surface area contributed by atoms with E-state index in [1.54, 1.807) is 43.3 Å². The van der Waals surface area contributed by atoms with E-state index in [1.807, 2.05) is 0 Å². The normalized spacial score (nSPS) is 10.3. The van der Waals surface area contributed by atoms with Crippen molar-refractivity contribution in [3.05, 3.63) is 104 Å². The number of nitro groups is 1. The zero-order valence-electron chi connectivity index (χ0n) is 16.8. The van der Waals surface area contributed by atoms with Gasteiger partial charge in [0.05, 0.1) is 10.5 Å². The number of carbonyl (C=O) groups is 3. The van der Waals surface area contributed by atoms with E-state index >= 15 is 0 Å². The van der Waals surface area contributed by atoms with Crippen LogP contribution >= 0.6 is 11.6 Å². The Balaban J connectivity index is 1.68. The van der Waals surface area contributed by atoms with E-state index in [-0.39, 0.29) is 22.6 Å². The van der Waals surface area contributed by atoms with Crippen LogP contribution < -0.4 is 5.32 Å². The SMILES string of the molecule is Cc1cc([N+](=O)[O-])ccc1NC(=O)COC(=O)c1ccccc1C(=O)c1ccc(Cl)cc1. The number of aryl methyl sites for hydroxylation is 1. The number of ketones is 1. The molecule has 0 spiro atoms. The van der Waals surface area contributed by atoms with Crippen LogP contribution in [0.3, 0.4) is 0 Å². The zero-order valence-corrected chi connectivity index (χ0v) is 17.6. The fourth-order valence-corrected chi connectivity index (χ4v) is 3.04. The summed E-state index contributed by atoms with van der Waals surface area (Å²) in [6, 6.07) is 16.3. The third kappa shape index (κ3) is 5.35. The number of esters is 1. The standard InChI is InChI=1S/C23H17ClN2O6/c1-14-12-17(26(30)31)10-11-20(14)25-21(27)13-32-23(29)19-5-3-2-4-18(19)22(28)15-6-8-16(24)9-7-15/h2-12H,13H2,1H3,(H,25,27). The van der Waals surface area contributed by atoms with Crippen molar-refractivity contribution >= 4 is 40.6 Å². The summed E-state index contributed by atoms with van der Waals surface area (Å²) in [6.07, 6.45) is 0. The number of hydrogen-bond acceptors (Lipinski definition) is 6. The highest BCUT2D eigenvalue weighted by Crippen LogP contribution is 2.21. The van der Waals surface area contributed by atoms with Gasteiger partial charge in [0, 0.05) is 34.0 Å². The van der Waals surface area contributed by atoms with Crippen molar-refractivity contribution in [2.75, 3.05) is 11.9 Å². The molecule has 162 valence electrons. The summed E-state index contributed by atoms with van der Waals surface area (Å²) in [5, 5.41) is 13.8. The molecular weight excluding hydrogens is 436 g/mol. The lowest BCUT2D eigenvalue weighted by Gasteiger charge is -2.11. The van der Waals surface area contributed by atoms with Crippen molar-refractivity contribution in [1.82, 2.24) is 0 Å². The molecule has 0 heterocycles. The van der Waals surface area contributed by atoms with Gasteiger partial charge in [-0.25, -0.2) is 4.79 Å². The van der Waals surface area contributed by atoms with E-state index in [4.69, 9.17) is 16.3 Å². The first kappa shape index (κ1) is 22.6. The first-order valence-electron chi connectivity index (χ1n) is 9.37. The summed E-state index contributed by atoms with van der Waals surface area (Å²) in [7, 11) is 0. The van der Waals surface area contributed by atoms with Gasteiger partial charge in [-0.15, -0.1) is 0 Å². The number of benzene rings is 3. The quantitative estimate of drug-likeness (QED) is 0.243. The number of anilines is 1. The number of ether oxygens (including phenoxy) is 1. The number of hydrogen-bond donors (Lipinski definition) is 1. The summed E-state index contributed by atoms with van der Waals surface area (Å²) in [4.78, 5) is 47.8. The molecule has 3 aromatic carbocycles. The number of amides is 1. The second kappa shape index (κ2) is 9.84. The number of nitro benzene ring substituents is 1. The summed E-state index contributed by atoms with van der Waals surface area (Å²) < 4.78 is 5.08. The highest BCUT2D eigenvalue weighted by atomic mass is 35.5. The number of halogens is 1. The van der Waals surface area contributed by atoms with Gasteiger partial charge in [0.15, 0.2) is 12.4 Å². The number of carbonyl (C=O) groups excluding carboxylic acids is 3. The highest BCUT2D eigenvalue weighted by Gasteiger charge is 2.20. The Hall–Kier alpha value is -4.04. The Morgan fingerprint density at radius 3 is 2.28 bits per heavy atom. The number of nitrogens with zero attached hydrogens (tertiary/aromatic N) is 1. The van der Waals surface area contributed by atoms with Crippen molar-refractivity contribution < 1.29 is 24.0 Å². The maximum atomic E-state index is 12.8. The van der Waals surface area contributed by atoms with Crippen molar-refractivity contribution in [3.63, 3.8) is 0 Å². The molecule has 3 aromatic rings. The van der Waals surface area contributed by atoms with Gasteiger partial charge in [-0.1, -0.05) is 29.8 Å². The molecule has 0 aliphatic carbocycles. The molecule has 0 atom stereocenters. The van der Waals surface area contributed by atoms with Gasteiger partial charge < -0.3 is 10.1 Å². The molecule has 0 aliphatic rings. The predicted octanol–water partition coefficient (Wildman–Crippen LogP) is 4.58. The van der Waals surface area contributed by atoms with E-state index in [2.05, 4.69) is 5.32 Å². The van der Waals surface area contributed by atoms with Gasteiger partial charge in [0.2, 0.25) is 0 Å². The van der Waals surface area contributed by atoms with Crippen LogP contribution in [-0.4, -0.2) is 29.2 Å². The summed E-state index contributed by atoms with van der Waals surface area (Å²) >= 11 is 5.85. The third-order valence-corrected chi connectivity index (χ3v) is 4.78. The molecule has 0 saturated heterocycles. The Labute approximate surface area is 187 Å². The fraction of sp³-hybridized carbons (Fsp3) is 0.0870. The molecular formula is C23H17ClN2O6. The van der Waals surface area contributed by atoms with E-state index in [9.17, 15) is 24.5 Å². The van der Waals surface area contributed by atoms with Gasteiger partial charge in [-0.05, 0) is 48.9 Å². The molecule has 1 amide bonds. The fourth-order valence-electron chi connectivity index (χ4n) is 2.91. The molecule has 0 radical (unpaired) electrons. The van der Waals surface area contributed by atoms with Crippen molar-refractivity contribution in [1.29, 1.82) is 0 Å². The maximum Gasteiger partial charge on any atom is 0.339 e. The van der Waals surface area contributed by atoms with E-state index in [0.29, 0.717) is 21.8 Å². The van der Waals surface area contributed by atoms with Crippen molar-refractivity contribution in [2.45, 2.75) is 6.92 Å². The molecule has 32 heavy (non-hydrogen) atoms. The highest BCUT2D eigenvalue weighted by molar-refractivity contribution is 6.30. The Bertz CT molecular complexity index is 1210. The Morgan fingerprint density at radius 2 is 1.66 bits per heavy atom. The average molecular weight is 453 g/mol. The molecule has 0 fully saturated rings. The summed E-state index contributed by atoms with van der Waals surface area (Å²) in [5.41, 5.74) is 1.24. The van der Waals surface area contributed by atoms with Crippen LogP contribution in [0.4, 0.5) is 11.4 Å². The third-order valence-electron chi connectivity index (χ3n) is 4.53. The molecule has 1 N–H and O–H groups in total. The second-order valence-electron chi connectivity index (χ2n) is 6.76. The average Bonchev–Trinajstić information content (AvgIpc) is 2.78. The summed E-state index contributed by atoms with van der Waals surface area (Å²) in [6.45, 7) is 1.01. The number of non-ortho nitro benzene ring substituents is 1. The first-order chi connectivity index (χ1) is 15.3. The molecule has 0 aliphatic heterocycles. The zero-order chi connectivity index (χ0) is 23.3. The van der Waals surface area contributed by atoms with Crippen LogP contribution in [-0.2, 0) is 9.53 Å². The van der Waals surface area contributed by atoms with Gasteiger partial charge in [-0.3, -0.25) is 19.7 Å². The summed E-state index contributed by atoms with van der Waals surface area (Å²) in [5.74, 6) is -1.85. The van der Waals surface area contributed by atoms with Gasteiger partial charge >= 0.3 is 5.97 Å². The lowest BCUT2D eigenvalue weighted by molar-refractivity contribution is -0.384. The lowest BCUT2D eigenvalue weighted by Crippen LogP contribution is -2.22. The Kier molecular flexibility index (Phi) is 6.97. The van der Waals surface area contributed by atoms with Crippen LogP contribution in [0, 0.1) is 17.0 Å². The molecule has 0 unspecified atom stereocenters. The van der Waals surface area contributed by atoms with E-state index in [1.165, 1.54) is 30.3 Å². The molecule has 0 saturated carbocycles. The van der Waals surface area contributed by atoms with Crippen LogP contribution in [0.1, 0.15) is 31.8 Å². The molecule has 8 nitrogen and oxygen atoms in total. The minimum absolute atomic E-state index is 0.0202. The van der Waals surface area contributed by atoms with Crippen molar-refractivity contribution in [3.8, 4) is 0 Å². The van der Waals surface area contributed by atoms with Crippen molar-refractivity contribution in [2.24, 2.45) is 0 Å². The van der Waals surface area contributed by atoms with Crippen LogP contribution in [0.25, 0.3) is 0 Å². The molecule has 3 rings (SSSR count). The van der Waals surface area contributed by atoms with Crippen LogP contribution in [0.15, 0.2) is 66.7 Å². The minimum Gasteiger partial charge on any atom is -0.452 e. The van der Waals surface area contributed by atoms with E-state index in [0.717, 1.165) is 0 Å². The van der Waals surface area contributed by atoms with Crippen LogP contribution in [0.2, 0.25) is 5.02 Å². The Morgan fingerprint density at radius 1 is 1.00 bits per heavy atom. The number of nitrogens with one attached hydrogen (secondary N) is 1. The van der Waals surface area contributed by atoms with Gasteiger partial charge in [-0.2, -0.15) is 0 Å². The molecule has 0 aromatic heterocycles. The van der Waals surface area contributed by atoms with E-state index < -0.39 is 23.4 Å². The largest absolute Gasteiger partial charge is 0.452 e. The minimum atomic E-state index is -0.835. The van der Waals surface area contributed by atoms with Gasteiger partial charge in [0.25, 0.3) is 11.6 Å². The monoisotopic (exact) mass is 452 g/mol. The molecule has 0 bridgehead atoms. The first-order valence-corrected chi connectivity index (χ1v) is 9.75. The maximum absolute atomic E-state index is 12.8. The van der Waals surface area contributed by atoms with Crippen LogP contribution in [0.5, 0.6) is 0 Å². The van der Waals surface area contributed by atoms with Gasteiger partial charge in [0.1, 0.15) is 0 Å². The topological polar surface area (TPSA) is 116 Å². The smallest absolute Gasteiger partial charge is 0.339 e. The lowest BCUT2D eigenvalue weighted by atomic mass is 9.98. The number of rotatable bonds is 7.